The summed E-state index contributed by atoms with van der Waals surface area (Å²) >= 11 is 0. The molecule has 0 saturated heterocycles. The van der Waals surface area contributed by atoms with Crippen LogP contribution >= 0.6 is 0 Å². The number of hydrogen-bond acceptors (Lipinski definition) is 3. The van der Waals surface area contributed by atoms with Crippen molar-refractivity contribution >= 4 is 22.8 Å². The molecule has 2 aromatic carbocycles. The third-order valence-corrected chi connectivity index (χ3v) is 6.99. The molecule has 168 valence electrons. The van der Waals surface area contributed by atoms with Crippen molar-refractivity contribution in [2.45, 2.75) is 51.2 Å². The largest absolute Gasteiger partial charge is 0.338 e. The lowest BCUT2D eigenvalue weighted by Gasteiger charge is -2.32. The van der Waals surface area contributed by atoms with Gasteiger partial charge in [-0.25, -0.2) is 9.59 Å². The second kappa shape index (κ2) is 8.47. The molecule has 1 aromatic heterocycles. The number of unbranched alkanes of at least 4 members (excludes halogenated alkanes) is 1. The zero-order valence-electron chi connectivity index (χ0n) is 18.8. The van der Waals surface area contributed by atoms with E-state index in [0.717, 1.165) is 55.5 Å². The predicted molar refractivity (Wildman–Crippen MR) is 127 cm³/mol. The van der Waals surface area contributed by atoms with E-state index < -0.39 is 0 Å². The third-order valence-electron chi connectivity index (χ3n) is 6.99. The van der Waals surface area contributed by atoms with Crippen LogP contribution in [0.1, 0.15) is 30.9 Å². The van der Waals surface area contributed by atoms with Crippen molar-refractivity contribution in [3.05, 3.63) is 64.1 Å². The van der Waals surface area contributed by atoms with Gasteiger partial charge in [0, 0.05) is 30.9 Å². The smallest absolute Gasteiger partial charge is 0.326 e. The molecule has 2 aliphatic rings. The molecule has 0 saturated carbocycles. The van der Waals surface area contributed by atoms with E-state index in [1.165, 1.54) is 11.1 Å². The zero-order chi connectivity index (χ0) is 22.2. The predicted octanol–water partition coefficient (Wildman–Crippen LogP) is 3.13. The van der Waals surface area contributed by atoms with Gasteiger partial charge in [0.05, 0.1) is 11.0 Å². The summed E-state index contributed by atoms with van der Waals surface area (Å²) in [6, 6.07) is 14.7. The third kappa shape index (κ3) is 3.71. The molecule has 3 aromatic rings. The maximum atomic E-state index is 12.7. The minimum atomic E-state index is -0.0222. The molecule has 5 rings (SSSR count). The first-order valence-corrected chi connectivity index (χ1v) is 11.6. The van der Waals surface area contributed by atoms with Gasteiger partial charge in [0.25, 0.3) is 0 Å². The molecular formula is C25H31N5O2. The summed E-state index contributed by atoms with van der Waals surface area (Å²) < 4.78 is 1.88. The van der Waals surface area contributed by atoms with Gasteiger partial charge in [0.15, 0.2) is 0 Å². The van der Waals surface area contributed by atoms with Gasteiger partial charge < -0.3 is 15.2 Å². The highest BCUT2D eigenvalue weighted by Crippen LogP contribution is 2.31. The van der Waals surface area contributed by atoms with E-state index >= 15 is 0 Å². The Labute approximate surface area is 188 Å². The Balaban J connectivity index is 1.10. The van der Waals surface area contributed by atoms with Crippen LogP contribution in [0.4, 0.5) is 10.5 Å². The number of anilines is 1. The fraction of sp³-hybridized carbons (Fsp3) is 0.440. The number of para-hydroxylation sites is 2. The summed E-state index contributed by atoms with van der Waals surface area (Å²) in [7, 11) is 2.13. The second-order valence-corrected chi connectivity index (χ2v) is 9.18. The van der Waals surface area contributed by atoms with Gasteiger partial charge in [-0.15, -0.1) is 0 Å². The molecule has 3 heterocycles. The van der Waals surface area contributed by atoms with Crippen molar-refractivity contribution in [1.82, 2.24) is 19.8 Å². The molecule has 32 heavy (non-hydrogen) atoms. The Morgan fingerprint density at radius 3 is 2.81 bits per heavy atom. The number of amides is 2. The van der Waals surface area contributed by atoms with Crippen molar-refractivity contribution in [3.63, 3.8) is 0 Å². The molecule has 0 unspecified atom stereocenters. The molecule has 0 bridgehead atoms. The number of carbonyl (C=O) groups is 1. The van der Waals surface area contributed by atoms with Crippen LogP contribution in [0.3, 0.4) is 0 Å². The number of nitrogens with one attached hydrogen (secondary N) is 2. The van der Waals surface area contributed by atoms with Gasteiger partial charge in [-0.2, -0.15) is 0 Å². The highest BCUT2D eigenvalue weighted by atomic mass is 16.2. The quantitative estimate of drug-likeness (QED) is 0.587. The minimum Gasteiger partial charge on any atom is -0.338 e. The van der Waals surface area contributed by atoms with Crippen LogP contribution in [0.25, 0.3) is 11.0 Å². The van der Waals surface area contributed by atoms with E-state index in [9.17, 15) is 9.59 Å². The number of carbonyl (C=O) groups excluding carboxylic acids is 1. The lowest BCUT2D eigenvalue weighted by atomic mass is 9.99. The van der Waals surface area contributed by atoms with Crippen molar-refractivity contribution in [1.29, 1.82) is 0 Å². The van der Waals surface area contributed by atoms with Gasteiger partial charge in [0.2, 0.25) is 0 Å². The number of imidazole rings is 1. The molecule has 2 amide bonds. The Morgan fingerprint density at radius 2 is 1.94 bits per heavy atom. The number of aromatic amines is 1. The van der Waals surface area contributed by atoms with Crippen molar-refractivity contribution in [2.24, 2.45) is 0 Å². The standard InChI is InChI=1S/C25H31N5O2/c1-17-14-18-8-3-4-11-22(18)30(17)24(31)26-12-5-6-13-28(2)20-15-19-9-7-10-21-23(19)29(16-20)25(32)27-21/h3-4,7-11,17,20H,5-6,12-16H2,1-2H3,(H,26,31)(H,27,32)/t17-,20+/m0/s1. The first-order chi connectivity index (χ1) is 15.5. The summed E-state index contributed by atoms with van der Waals surface area (Å²) in [5, 5.41) is 3.10. The number of urea groups is 1. The van der Waals surface area contributed by atoms with Crippen LogP contribution in [0.15, 0.2) is 47.3 Å². The second-order valence-electron chi connectivity index (χ2n) is 9.18. The SMILES string of the molecule is C[C@H]1Cc2ccccc2N1C(=O)NCCCCN(C)[C@@H]1Cc2cccc3[nH]c(=O)n(c23)C1. The van der Waals surface area contributed by atoms with E-state index in [0.29, 0.717) is 12.6 Å². The monoisotopic (exact) mass is 433 g/mol. The maximum Gasteiger partial charge on any atom is 0.326 e. The normalized spacial score (nSPS) is 19.5. The number of fused-ring (bicyclic) bond motifs is 1. The molecular weight excluding hydrogens is 402 g/mol. The Kier molecular flexibility index (Phi) is 5.51. The minimum absolute atomic E-state index is 0.00413. The molecule has 0 fully saturated rings. The Hall–Kier alpha value is -3.06. The van der Waals surface area contributed by atoms with Crippen LogP contribution in [-0.4, -0.2) is 52.7 Å². The maximum absolute atomic E-state index is 12.7. The lowest BCUT2D eigenvalue weighted by molar-refractivity contribution is 0.209. The van der Waals surface area contributed by atoms with Crippen molar-refractivity contribution in [3.8, 4) is 0 Å². The number of benzene rings is 2. The first-order valence-electron chi connectivity index (χ1n) is 11.6. The number of aromatic nitrogens is 2. The van der Waals surface area contributed by atoms with E-state index in [1.807, 2.05) is 39.8 Å². The van der Waals surface area contributed by atoms with Crippen LogP contribution in [0, 0.1) is 0 Å². The Morgan fingerprint density at radius 1 is 1.12 bits per heavy atom. The molecule has 2 aliphatic heterocycles. The van der Waals surface area contributed by atoms with Crippen LogP contribution in [0.5, 0.6) is 0 Å². The number of likely N-dealkylation sites (N-methyl/N-ethyl adjacent to an activating group) is 1. The van der Waals surface area contributed by atoms with Crippen molar-refractivity contribution in [2.75, 3.05) is 25.0 Å². The van der Waals surface area contributed by atoms with E-state index in [4.69, 9.17) is 0 Å². The lowest BCUT2D eigenvalue weighted by Crippen LogP contribution is -2.44. The number of hydrogen-bond donors (Lipinski definition) is 2. The average molecular weight is 434 g/mol. The number of H-pyrrole nitrogens is 1. The van der Waals surface area contributed by atoms with Crippen LogP contribution in [-0.2, 0) is 19.4 Å². The molecule has 0 aliphatic carbocycles. The zero-order valence-corrected chi connectivity index (χ0v) is 18.8. The van der Waals surface area contributed by atoms with E-state index in [-0.39, 0.29) is 17.8 Å². The summed E-state index contributed by atoms with van der Waals surface area (Å²) in [4.78, 5) is 32.3. The van der Waals surface area contributed by atoms with E-state index in [2.05, 4.69) is 41.3 Å². The fourth-order valence-corrected chi connectivity index (χ4v) is 5.28. The highest BCUT2D eigenvalue weighted by molar-refractivity contribution is 5.94. The van der Waals surface area contributed by atoms with Gasteiger partial charge in [-0.3, -0.25) is 9.47 Å². The average Bonchev–Trinajstić information content (AvgIpc) is 3.30. The van der Waals surface area contributed by atoms with E-state index in [1.54, 1.807) is 0 Å². The molecule has 7 heteroatoms. The molecule has 2 atom stereocenters. The fourth-order valence-electron chi connectivity index (χ4n) is 5.28. The van der Waals surface area contributed by atoms with Gasteiger partial charge in [-0.05, 0) is 69.5 Å². The molecule has 0 spiro atoms. The molecule has 2 N–H and O–H groups in total. The summed E-state index contributed by atoms with van der Waals surface area (Å²) in [6.45, 7) is 4.42. The van der Waals surface area contributed by atoms with Gasteiger partial charge >= 0.3 is 11.7 Å². The van der Waals surface area contributed by atoms with Crippen LogP contribution < -0.4 is 15.9 Å². The molecule has 0 radical (unpaired) electrons. The number of nitrogens with zero attached hydrogens (tertiary/aromatic N) is 3. The number of rotatable bonds is 6. The first kappa shape index (κ1) is 20.8. The summed E-state index contributed by atoms with van der Waals surface area (Å²) in [6.07, 6.45) is 3.79. The summed E-state index contributed by atoms with van der Waals surface area (Å²) in [5.41, 5.74) is 5.47. The highest BCUT2D eigenvalue weighted by Gasteiger charge is 2.30. The molecule has 7 nitrogen and oxygen atoms in total. The topological polar surface area (TPSA) is 73.4 Å². The van der Waals surface area contributed by atoms with Crippen LogP contribution in [0.2, 0.25) is 0 Å². The van der Waals surface area contributed by atoms with Gasteiger partial charge in [0.1, 0.15) is 0 Å². The van der Waals surface area contributed by atoms with Crippen molar-refractivity contribution < 1.29 is 4.79 Å². The Bertz CT molecular complexity index is 1200. The summed E-state index contributed by atoms with van der Waals surface area (Å²) in [5.74, 6) is 0. The van der Waals surface area contributed by atoms with Gasteiger partial charge in [-0.1, -0.05) is 30.3 Å².